The molecule has 3 heterocycles. The van der Waals surface area contributed by atoms with Crippen molar-refractivity contribution in [1.29, 1.82) is 0 Å². The second-order valence-corrected chi connectivity index (χ2v) is 5.46. The minimum Gasteiger partial charge on any atom is -0.312 e. The Balaban J connectivity index is 1.65. The van der Waals surface area contributed by atoms with Gasteiger partial charge in [0.1, 0.15) is 0 Å². The number of nitrogens with one attached hydrogen (secondary N) is 1. The van der Waals surface area contributed by atoms with E-state index in [0.717, 1.165) is 18.5 Å². The second-order valence-electron chi connectivity index (χ2n) is 5.46. The molecule has 0 amide bonds. The van der Waals surface area contributed by atoms with Gasteiger partial charge in [-0.15, -0.1) is 0 Å². The third kappa shape index (κ3) is 2.35. The molecule has 3 heteroatoms. The van der Waals surface area contributed by atoms with Crippen LogP contribution < -0.4 is 5.32 Å². The van der Waals surface area contributed by atoms with E-state index in [1.54, 1.807) is 0 Å². The maximum Gasteiger partial charge on any atom is 0.0315 e. The molecule has 0 aliphatic carbocycles. The first-order valence-electron chi connectivity index (χ1n) is 6.68. The molecule has 1 N–H and O–H groups in total. The van der Waals surface area contributed by atoms with Crippen molar-refractivity contribution in [2.75, 3.05) is 19.6 Å². The summed E-state index contributed by atoms with van der Waals surface area (Å²) in [7, 11) is 0. The Morgan fingerprint density at radius 3 is 3.24 bits per heavy atom. The molecular formula is C14H21N3. The highest BCUT2D eigenvalue weighted by Crippen LogP contribution is 2.26. The molecule has 0 bridgehead atoms. The Morgan fingerprint density at radius 2 is 2.41 bits per heavy atom. The van der Waals surface area contributed by atoms with E-state index >= 15 is 0 Å². The van der Waals surface area contributed by atoms with Gasteiger partial charge in [0.05, 0.1) is 0 Å². The molecule has 2 aliphatic rings. The van der Waals surface area contributed by atoms with E-state index < -0.39 is 0 Å². The maximum absolute atomic E-state index is 4.24. The fraction of sp³-hybridized carbons (Fsp3) is 0.643. The van der Waals surface area contributed by atoms with Gasteiger partial charge in [-0.2, -0.15) is 0 Å². The number of likely N-dealkylation sites (tertiary alicyclic amines) is 1. The van der Waals surface area contributed by atoms with E-state index in [1.807, 2.05) is 12.4 Å². The number of nitrogens with zero attached hydrogens (tertiary/aromatic N) is 2. The van der Waals surface area contributed by atoms with E-state index in [1.165, 1.54) is 43.6 Å². The van der Waals surface area contributed by atoms with Crippen molar-refractivity contribution < 1.29 is 0 Å². The number of pyridine rings is 1. The van der Waals surface area contributed by atoms with Crippen LogP contribution in [-0.2, 0) is 6.54 Å². The molecule has 3 rings (SSSR count). The van der Waals surface area contributed by atoms with Gasteiger partial charge < -0.3 is 5.32 Å². The third-order valence-electron chi connectivity index (χ3n) is 4.22. The van der Waals surface area contributed by atoms with Crippen LogP contribution >= 0.6 is 0 Å². The van der Waals surface area contributed by atoms with Crippen molar-refractivity contribution in [2.24, 2.45) is 5.92 Å². The van der Waals surface area contributed by atoms with Gasteiger partial charge in [-0.3, -0.25) is 9.88 Å². The largest absolute Gasteiger partial charge is 0.312 e. The summed E-state index contributed by atoms with van der Waals surface area (Å²) in [5.41, 5.74) is 2.74. The highest BCUT2D eigenvalue weighted by atomic mass is 15.2. The van der Waals surface area contributed by atoms with Crippen LogP contribution in [0, 0.1) is 12.8 Å². The second kappa shape index (κ2) is 4.75. The number of piperidine rings is 1. The quantitative estimate of drug-likeness (QED) is 0.837. The standard InChI is InChI=1S/C14H21N3/c1-11-4-6-15-7-13(11)9-17-8-12-3-2-5-16-14(12)10-17/h4,6-7,12,14,16H,2-3,5,8-10H2,1H3. The van der Waals surface area contributed by atoms with Gasteiger partial charge in [-0.25, -0.2) is 0 Å². The van der Waals surface area contributed by atoms with Gasteiger partial charge in [0.15, 0.2) is 0 Å². The summed E-state index contributed by atoms with van der Waals surface area (Å²) in [5.74, 6) is 0.876. The van der Waals surface area contributed by atoms with Crippen molar-refractivity contribution in [3.63, 3.8) is 0 Å². The van der Waals surface area contributed by atoms with Gasteiger partial charge in [-0.1, -0.05) is 0 Å². The number of hydrogen-bond acceptors (Lipinski definition) is 3. The third-order valence-corrected chi connectivity index (χ3v) is 4.22. The Labute approximate surface area is 103 Å². The summed E-state index contributed by atoms with van der Waals surface area (Å²) in [6.45, 7) is 6.92. The summed E-state index contributed by atoms with van der Waals surface area (Å²) < 4.78 is 0. The minimum atomic E-state index is 0.737. The van der Waals surface area contributed by atoms with Crippen LogP contribution in [0.2, 0.25) is 0 Å². The first-order valence-corrected chi connectivity index (χ1v) is 6.68. The van der Waals surface area contributed by atoms with E-state index in [0.29, 0.717) is 0 Å². The number of hydrogen-bond donors (Lipinski definition) is 1. The Kier molecular flexibility index (Phi) is 3.12. The molecule has 0 radical (unpaired) electrons. The summed E-state index contributed by atoms with van der Waals surface area (Å²) in [6.07, 6.45) is 6.65. The zero-order valence-corrected chi connectivity index (χ0v) is 10.5. The van der Waals surface area contributed by atoms with E-state index in [2.05, 4.69) is 28.2 Å². The summed E-state index contributed by atoms with van der Waals surface area (Å²) in [4.78, 5) is 6.82. The van der Waals surface area contributed by atoms with Crippen molar-refractivity contribution in [1.82, 2.24) is 15.2 Å². The topological polar surface area (TPSA) is 28.2 Å². The Bertz CT molecular complexity index is 377. The fourth-order valence-corrected chi connectivity index (χ4v) is 3.17. The van der Waals surface area contributed by atoms with Crippen LogP contribution in [0.5, 0.6) is 0 Å². The molecular weight excluding hydrogens is 210 g/mol. The molecule has 1 aromatic rings. The summed E-state index contributed by atoms with van der Waals surface area (Å²) >= 11 is 0. The zero-order valence-electron chi connectivity index (χ0n) is 10.5. The highest BCUT2D eigenvalue weighted by Gasteiger charge is 2.33. The molecule has 2 aliphatic heterocycles. The molecule has 92 valence electrons. The maximum atomic E-state index is 4.24. The van der Waals surface area contributed by atoms with Crippen molar-refractivity contribution in [2.45, 2.75) is 32.4 Å². The monoisotopic (exact) mass is 231 g/mol. The predicted molar refractivity (Wildman–Crippen MR) is 68.8 cm³/mol. The van der Waals surface area contributed by atoms with Gasteiger partial charge >= 0.3 is 0 Å². The van der Waals surface area contributed by atoms with Gasteiger partial charge in [0.25, 0.3) is 0 Å². The number of rotatable bonds is 2. The van der Waals surface area contributed by atoms with Crippen molar-refractivity contribution >= 4 is 0 Å². The van der Waals surface area contributed by atoms with E-state index in [4.69, 9.17) is 0 Å². The van der Waals surface area contributed by atoms with Crippen LogP contribution in [0.4, 0.5) is 0 Å². The summed E-state index contributed by atoms with van der Waals surface area (Å²) in [6, 6.07) is 2.84. The zero-order chi connectivity index (χ0) is 11.7. The van der Waals surface area contributed by atoms with Gasteiger partial charge in [0.2, 0.25) is 0 Å². The van der Waals surface area contributed by atoms with Crippen LogP contribution in [0.25, 0.3) is 0 Å². The van der Waals surface area contributed by atoms with Crippen LogP contribution in [0.15, 0.2) is 18.5 Å². The lowest BCUT2D eigenvalue weighted by Crippen LogP contribution is -2.40. The molecule has 2 atom stereocenters. The average Bonchev–Trinajstić information content (AvgIpc) is 2.74. The molecule has 2 fully saturated rings. The number of fused-ring (bicyclic) bond motifs is 1. The molecule has 3 nitrogen and oxygen atoms in total. The first-order chi connectivity index (χ1) is 8.33. The smallest absolute Gasteiger partial charge is 0.0315 e. The summed E-state index contributed by atoms with van der Waals surface area (Å²) in [5, 5.41) is 3.65. The molecule has 0 spiro atoms. The van der Waals surface area contributed by atoms with Crippen LogP contribution in [-0.4, -0.2) is 35.6 Å². The lowest BCUT2D eigenvalue weighted by molar-refractivity contribution is 0.312. The first kappa shape index (κ1) is 11.2. The average molecular weight is 231 g/mol. The van der Waals surface area contributed by atoms with Gasteiger partial charge in [-0.05, 0) is 49.4 Å². The van der Waals surface area contributed by atoms with E-state index in [-0.39, 0.29) is 0 Å². The fourth-order valence-electron chi connectivity index (χ4n) is 3.17. The number of aryl methyl sites for hydroxylation is 1. The van der Waals surface area contributed by atoms with E-state index in [9.17, 15) is 0 Å². The SMILES string of the molecule is Cc1ccncc1CN1CC2CCCNC2C1. The lowest BCUT2D eigenvalue weighted by Gasteiger charge is -2.24. The molecule has 0 saturated carbocycles. The molecule has 0 aromatic carbocycles. The van der Waals surface area contributed by atoms with Gasteiger partial charge in [0, 0.05) is 38.1 Å². The Morgan fingerprint density at radius 1 is 1.47 bits per heavy atom. The van der Waals surface area contributed by atoms with Crippen molar-refractivity contribution in [3.8, 4) is 0 Å². The molecule has 17 heavy (non-hydrogen) atoms. The number of aromatic nitrogens is 1. The molecule has 1 aromatic heterocycles. The normalized spacial score (nSPS) is 29.2. The lowest BCUT2D eigenvalue weighted by atomic mass is 9.94. The van der Waals surface area contributed by atoms with Crippen LogP contribution in [0.1, 0.15) is 24.0 Å². The minimum absolute atomic E-state index is 0.737. The Hall–Kier alpha value is -0.930. The molecule has 2 saturated heterocycles. The van der Waals surface area contributed by atoms with Crippen molar-refractivity contribution in [3.05, 3.63) is 29.6 Å². The highest BCUT2D eigenvalue weighted by molar-refractivity contribution is 5.21. The van der Waals surface area contributed by atoms with Crippen LogP contribution in [0.3, 0.4) is 0 Å². The predicted octanol–water partition coefficient (Wildman–Crippen LogP) is 1.57. The molecule has 2 unspecified atom stereocenters.